The molecular weight excluding hydrogens is 380 g/mol. The molecule has 1 aromatic heterocycles. The number of imide groups is 1. The zero-order valence-electron chi connectivity index (χ0n) is 14.5. The van der Waals surface area contributed by atoms with Crippen molar-refractivity contribution in [1.82, 2.24) is 4.90 Å². The zero-order valence-corrected chi connectivity index (χ0v) is 15.3. The lowest BCUT2D eigenvalue weighted by Gasteiger charge is -2.13. The molecular formula is C20H14N2O5S. The Morgan fingerprint density at radius 2 is 1.82 bits per heavy atom. The highest BCUT2D eigenvalue weighted by Crippen LogP contribution is 2.22. The number of hydrogen-bond acceptors (Lipinski definition) is 6. The third-order valence-electron chi connectivity index (χ3n) is 4.28. The Kier molecular flexibility index (Phi) is 4.70. The summed E-state index contributed by atoms with van der Waals surface area (Å²) in [6.07, 6.45) is 0. The fourth-order valence-corrected chi connectivity index (χ4v) is 3.55. The van der Waals surface area contributed by atoms with Crippen molar-refractivity contribution in [3.8, 4) is 0 Å². The highest BCUT2D eigenvalue weighted by Gasteiger charge is 2.29. The van der Waals surface area contributed by atoms with E-state index in [4.69, 9.17) is 4.42 Å². The second kappa shape index (κ2) is 7.32. The summed E-state index contributed by atoms with van der Waals surface area (Å²) in [7, 11) is 0. The SMILES string of the molecule is O=C(Nc1ccc(CN2C(=O)CSC2=O)cc1)c1cc2ccccc2oc1=O. The molecule has 0 saturated carbocycles. The van der Waals surface area contributed by atoms with Gasteiger partial charge in [-0.2, -0.15) is 0 Å². The van der Waals surface area contributed by atoms with Gasteiger partial charge in [-0.1, -0.05) is 42.1 Å². The van der Waals surface area contributed by atoms with Crippen LogP contribution in [0.2, 0.25) is 0 Å². The second-order valence-corrected chi connectivity index (χ2v) is 7.10. The maximum Gasteiger partial charge on any atom is 0.349 e. The monoisotopic (exact) mass is 394 g/mol. The van der Waals surface area contributed by atoms with E-state index < -0.39 is 11.5 Å². The largest absolute Gasteiger partial charge is 0.422 e. The number of anilines is 1. The molecule has 0 aliphatic carbocycles. The first-order chi connectivity index (χ1) is 13.5. The minimum atomic E-state index is -0.712. The van der Waals surface area contributed by atoms with Gasteiger partial charge in [-0.3, -0.25) is 19.3 Å². The van der Waals surface area contributed by atoms with Crippen molar-refractivity contribution < 1.29 is 18.8 Å². The molecule has 4 rings (SSSR count). The van der Waals surface area contributed by atoms with E-state index in [1.165, 1.54) is 11.0 Å². The van der Waals surface area contributed by atoms with Gasteiger partial charge in [0.2, 0.25) is 5.91 Å². The number of nitrogens with one attached hydrogen (secondary N) is 1. The maximum absolute atomic E-state index is 12.5. The average Bonchev–Trinajstić information content (AvgIpc) is 3.01. The number of hydrogen-bond donors (Lipinski definition) is 1. The van der Waals surface area contributed by atoms with Crippen LogP contribution >= 0.6 is 11.8 Å². The molecule has 0 bridgehead atoms. The predicted octanol–water partition coefficient (Wildman–Crippen LogP) is 3.24. The summed E-state index contributed by atoms with van der Waals surface area (Å²) in [6, 6.07) is 15.2. The third kappa shape index (κ3) is 3.54. The molecule has 1 aliphatic rings. The number of carbonyl (C=O) groups is 3. The molecule has 8 heteroatoms. The van der Waals surface area contributed by atoms with E-state index in [1.807, 2.05) is 0 Å². The van der Waals surface area contributed by atoms with Crippen LogP contribution in [0.5, 0.6) is 0 Å². The number of para-hydroxylation sites is 1. The zero-order chi connectivity index (χ0) is 19.7. The van der Waals surface area contributed by atoms with E-state index in [9.17, 15) is 19.2 Å². The summed E-state index contributed by atoms with van der Waals surface area (Å²) in [5, 5.41) is 3.05. The second-order valence-electron chi connectivity index (χ2n) is 6.17. The van der Waals surface area contributed by atoms with Gasteiger partial charge in [0.1, 0.15) is 11.1 Å². The van der Waals surface area contributed by atoms with Gasteiger partial charge in [-0.25, -0.2) is 4.79 Å². The van der Waals surface area contributed by atoms with E-state index in [0.717, 1.165) is 17.3 Å². The van der Waals surface area contributed by atoms with Gasteiger partial charge in [0.15, 0.2) is 0 Å². The lowest BCUT2D eigenvalue weighted by atomic mass is 10.1. The van der Waals surface area contributed by atoms with Gasteiger partial charge in [0.25, 0.3) is 11.1 Å². The quantitative estimate of drug-likeness (QED) is 0.683. The lowest BCUT2D eigenvalue weighted by molar-refractivity contribution is -0.125. The summed E-state index contributed by atoms with van der Waals surface area (Å²) in [5.74, 6) is -0.620. The minimum Gasteiger partial charge on any atom is -0.422 e. The van der Waals surface area contributed by atoms with Crippen LogP contribution in [-0.2, 0) is 11.3 Å². The van der Waals surface area contributed by atoms with Crippen molar-refractivity contribution in [2.75, 3.05) is 11.1 Å². The number of amides is 3. The Morgan fingerprint density at radius 1 is 1.07 bits per heavy atom. The summed E-state index contributed by atoms with van der Waals surface area (Å²) >= 11 is 0.986. The molecule has 0 atom stereocenters. The number of rotatable bonds is 4. The number of nitrogens with zero attached hydrogens (tertiary/aromatic N) is 1. The first-order valence-electron chi connectivity index (χ1n) is 8.41. The molecule has 28 heavy (non-hydrogen) atoms. The van der Waals surface area contributed by atoms with E-state index in [0.29, 0.717) is 16.7 Å². The smallest absolute Gasteiger partial charge is 0.349 e. The molecule has 1 fully saturated rings. The van der Waals surface area contributed by atoms with Crippen molar-refractivity contribution in [1.29, 1.82) is 0 Å². The van der Waals surface area contributed by atoms with E-state index >= 15 is 0 Å². The van der Waals surface area contributed by atoms with Crippen LogP contribution in [-0.4, -0.2) is 27.7 Å². The lowest BCUT2D eigenvalue weighted by Crippen LogP contribution is -2.27. The minimum absolute atomic E-state index is 0.0898. The highest BCUT2D eigenvalue weighted by atomic mass is 32.2. The Bertz CT molecular complexity index is 1140. The van der Waals surface area contributed by atoms with Crippen LogP contribution in [0.15, 0.2) is 63.8 Å². The van der Waals surface area contributed by atoms with Crippen LogP contribution in [0.25, 0.3) is 11.0 Å². The van der Waals surface area contributed by atoms with Crippen LogP contribution in [0, 0.1) is 0 Å². The van der Waals surface area contributed by atoms with Gasteiger partial charge in [-0.15, -0.1) is 0 Å². The Hall–Kier alpha value is -3.39. The Morgan fingerprint density at radius 3 is 2.54 bits per heavy atom. The van der Waals surface area contributed by atoms with Crippen molar-refractivity contribution in [2.24, 2.45) is 0 Å². The molecule has 2 heterocycles. The average molecular weight is 394 g/mol. The normalized spacial score (nSPS) is 13.9. The van der Waals surface area contributed by atoms with Crippen molar-refractivity contribution in [3.05, 3.63) is 76.1 Å². The fraction of sp³-hybridized carbons (Fsp3) is 0.100. The number of benzene rings is 2. The molecule has 0 spiro atoms. The molecule has 1 aliphatic heterocycles. The van der Waals surface area contributed by atoms with Gasteiger partial charge in [0.05, 0.1) is 12.3 Å². The van der Waals surface area contributed by atoms with Gasteiger partial charge >= 0.3 is 5.63 Å². The molecule has 1 N–H and O–H groups in total. The summed E-state index contributed by atoms with van der Waals surface area (Å²) in [5.41, 5.74) is 0.851. The highest BCUT2D eigenvalue weighted by molar-refractivity contribution is 8.14. The van der Waals surface area contributed by atoms with Crippen LogP contribution in [0.4, 0.5) is 10.5 Å². The van der Waals surface area contributed by atoms with Crippen LogP contribution in [0.3, 0.4) is 0 Å². The van der Waals surface area contributed by atoms with Gasteiger partial charge < -0.3 is 9.73 Å². The van der Waals surface area contributed by atoms with Crippen molar-refractivity contribution in [2.45, 2.75) is 6.54 Å². The third-order valence-corrected chi connectivity index (χ3v) is 5.14. The molecule has 140 valence electrons. The molecule has 3 amide bonds. The fourth-order valence-electron chi connectivity index (χ4n) is 2.83. The molecule has 1 saturated heterocycles. The Labute approximate surface area is 163 Å². The standard InChI is InChI=1S/C20H14N2O5S/c23-17-11-28-20(26)22(17)10-12-5-7-14(8-6-12)21-18(24)15-9-13-3-1-2-4-16(13)27-19(15)25/h1-9H,10-11H2,(H,21,24). The molecule has 3 aromatic rings. The van der Waals surface area contributed by atoms with Crippen LogP contribution < -0.4 is 10.9 Å². The van der Waals surface area contributed by atoms with Crippen LogP contribution in [0.1, 0.15) is 15.9 Å². The summed E-state index contributed by atoms with van der Waals surface area (Å²) in [6.45, 7) is 0.188. The maximum atomic E-state index is 12.5. The summed E-state index contributed by atoms with van der Waals surface area (Å²) in [4.78, 5) is 49.1. The van der Waals surface area contributed by atoms with E-state index in [2.05, 4.69) is 5.32 Å². The topological polar surface area (TPSA) is 96.7 Å². The van der Waals surface area contributed by atoms with E-state index in [1.54, 1.807) is 48.5 Å². The molecule has 0 radical (unpaired) electrons. The van der Waals surface area contributed by atoms with Crippen molar-refractivity contribution >= 4 is 45.5 Å². The first kappa shape index (κ1) is 18.0. The first-order valence-corrected chi connectivity index (χ1v) is 9.40. The number of fused-ring (bicyclic) bond motifs is 1. The molecule has 2 aromatic carbocycles. The number of carbonyl (C=O) groups excluding carboxylic acids is 3. The van der Waals surface area contributed by atoms with E-state index in [-0.39, 0.29) is 29.0 Å². The van der Waals surface area contributed by atoms with Gasteiger partial charge in [-0.05, 0) is 29.8 Å². The number of thioether (sulfide) groups is 1. The van der Waals surface area contributed by atoms with Gasteiger partial charge in [0, 0.05) is 11.1 Å². The predicted molar refractivity (Wildman–Crippen MR) is 105 cm³/mol. The van der Waals surface area contributed by atoms with Crippen molar-refractivity contribution in [3.63, 3.8) is 0 Å². The molecule has 7 nitrogen and oxygen atoms in total. The Balaban J connectivity index is 1.49. The molecule has 0 unspecified atom stereocenters. The summed E-state index contributed by atoms with van der Waals surface area (Å²) < 4.78 is 5.18.